The Kier molecular flexibility index (Phi) is 3.08. The maximum absolute atomic E-state index is 11.0. The number of carbonyl (C=O) groups excluding carboxylic acids is 2. The maximum atomic E-state index is 11.0. The molecule has 1 atom stereocenters. The van der Waals surface area contributed by atoms with Crippen LogP contribution in [-0.4, -0.2) is 34.6 Å². The lowest BCUT2D eigenvalue weighted by Crippen LogP contribution is -2.55. The van der Waals surface area contributed by atoms with E-state index < -0.39 is 0 Å². The highest BCUT2D eigenvalue weighted by Crippen LogP contribution is 2.24. The summed E-state index contributed by atoms with van der Waals surface area (Å²) in [7, 11) is 0. The molecular weight excluding hydrogens is 236 g/mol. The first-order valence-corrected chi connectivity index (χ1v) is 4.82. The average Bonchev–Trinajstić information content (AvgIpc) is 2.00. The number of hydrogen-bond donors (Lipinski definition) is 1. The number of halogens is 1. The smallest absolute Gasteiger partial charge is 0.245 e. The van der Waals surface area contributed by atoms with E-state index in [0.717, 1.165) is 0 Å². The van der Waals surface area contributed by atoms with Gasteiger partial charge in [-0.3, -0.25) is 9.59 Å². The molecule has 1 heterocycles. The molecule has 0 aromatic rings. The molecule has 0 radical (unpaired) electrons. The number of nitrogens with two attached hydrogens (primary N) is 1. The van der Waals surface area contributed by atoms with E-state index in [1.54, 1.807) is 4.90 Å². The van der Waals surface area contributed by atoms with Gasteiger partial charge in [-0.1, -0.05) is 22.5 Å². The third-order valence-electron chi connectivity index (χ3n) is 2.08. The molecular formula is C8H11BrN2O2. The van der Waals surface area contributed by atoms with Crippen molar-refractivity contribution in [2.75, 3.05) is 13.1 Å². The Morgan fingerprint density at radius 3 is 2.54 bits per heavy atom. The molecule has 0 spiro atoms. The molecule has 72 valence electrons. The molecule has 0 aromatic carbocycles. The van der Waals surface area contributed by atoms with Gasteiger partial charge in [-0.15, -0.1) is 0 Å². The summed E-state index contributed by atoms with van der Waals surface area (Å²) in [4.78, 5) is 23.0. The van der Waals surface area contributed by atoms with Gasteiger partial charge in [0.2, 0.25) is 11.8 Å². The molecule has 5 heteroatoms. The summed E-state index contributed by atoms with van der Waals surface area (Å²) in [6, 6.07) is 0. The second-order valence-electron chi connectivity index (χ2n) is 3.01. The highest BCUT2D eigenvalue weighted by Gasteiger charge is 2.36. The third-order valence-corrected chi connectivity index (χ3v) is 3.28. The second-order valence-corrected chi connectivity index (χ2v) is 4.00. The highest BCUT2D eigenvalue weighted by atomic mass is 79.9. The number of amides is 2. The monoisotopic (exact) mass is 246 g/mol. The summed E-state index contributed by atoms with van der Waals surface area (Å²) in [5.41, 5.74) is 5.09. The van der Waals surface area contributed by atoms with Crippen molar-refractivity contribution >= 4 is 27.7 Å². The van der Waals surface area contributed by atoms with Crippen LogP contribution in [0.4, 0.5) is 0 Å². The van der Waals surface area contributed by atoms with E-state index in [1.807, 2.05) is 0 Å². The number of primary amides is 1. The lowest BCUT2D eigenvalue weighted by atomic mass is 9.96. The molecule has 0 bridgehead atoms. The van der Waals surface area contributed by atoms with E-state index in [-0.39, 0.29) is 22.6 Å². The summed E-state index contributed by atoms with van der Waals surface area (Å²) in [5.74, 6) is -0.336. The van der Waals surface area contributed by atoms with E-state index in [1.165, 1.54) is 6.08 Å². The molecule has 1 unspecified atom stereocenters. The van der Waals surface area contributed by atoms with E-state index >= 15 is 0 Å². The maximum Gasteiger partial charge on any atom is 0.245 e. The van der Waals surface area contributed by atoms with Crippen molar-refractivity contribution in [1.82, 2.24) is 4.90 Å². The van der Waals surface area contributed by atoms with Gasteiger partial charge in [0.1, 0.15) is 0 Å². The number of hydrogen-bond acceptors (Lipinski definition) is 2. The molecule has 2 amide bonds. The fourth-order valence-corrected chi connectivity index (χ4v) is 1.57. The zero-order valence-corrected chi connectivity index (χ0v) is 8.66. The van der Waals surface area contributed by atoms with Gasteiger partial charge in [0.05, 0.1) is 4.83 Å². The van der Waals surface area contributed by atoms with Crippen LogP contribution >= 0.6 is 15.9 Å². The van der Waals surface area contributed by atoms with Crippen LogP contribution in [0.3, 0.4) is 0 Å². The van der Waals surface area contributed by atoms with Crippen LogP contribution < -0.4 is 5.73 Å². The minimum absolute atomic E-state index is 0.0968. The van der Waals surface area contributed by atoms with Gasteiger partial charge >= 0.3 is 0 Å². The number of carbonyl (C=O) groups is 2. The van der Waals surface area contributed by atoms with Crippen molar-refractivity contribution in [2.24, 2.45) is 11.7 Å². The second kappa shape index (κ2) is 3.91. The van der Waals surface area contributed by atoms with Crippen LogP contribution in [0.25, 0.3) is 0 Å². The molecule has 4 nitrogen and oxygen atoms in total. The fraction of sp³-hybridized carbons (Fsp3) is 0.500. The molecule has 13 heavy (non-hydrogen) atoms. The van der Waals surface area contributed by atoms with Gasteiger partial charge in [-0.2, -0.15) is 0 Å². The minimum Gasteiger partial charge on any atom is -0.369 e. The van der Waals surface area contributed by atoms with Gasteiger partial charge in [-0.05, 0) is 6.08 Å². The summed E-state index contributed by atoms with van der Waals surface area (Å²) >= 11 is 3.18. The molecule has 0 aliphatic carbocycles. The quantitative estimate of drug-likeness (QED) is 0.558. The highest BCUT2D eigenvalue weighted by molar-refractivity contribution is 9.10. The van der Waals surface area contributed by atoms with E-state index in [4.69, 9.17) is 5.73 Å². The van der Waals surface area contributed by atoms with Gasteiger partial charge in [0.25, 0.3) is 0 Å². The van der Waals surface area contributed by atoms with Crippen LogP contribution in [0.5, 0.6) is 0 Å². The first kappa shape index (κ1) is 10.2. The number of likely N-dealkylation sites (tertiary alicyclic amines) is 1. The van der Waals surface area contributed by atoms with E-state index in [2.05, 4.69) is 22.5 Å². The lowest BCUT2D eigenvalue weighted by molar-refractivity contribution is -0.133. The minimum atomic E-state index is -0.379. The Bertz CT molecular complexity index is 249. The molecule has 2 N–H and O–H groups in total. The zero-order chi connectivity index (χ0) is 10.0. The van der Waals surface area contributed by atoms with Crippen molar-refractivity contribution < 1.29 is 9.59 Å². The fourth-order valence-electron chi connectivity index (χ4n) is 1.24. The standard InChI is InChI=1S/C8H11BrN2O2/c1-2-6(12)11-3-5(4-11)7(9)8(10)13/h2,5,7H,1,3-4H2,(H2,10,13). The lowest BCUT2D eigenvalue weighted by Gasteiger charge is -2.40. The van der Waals surface area contributed by atoms with E-state index in [9.17, 15) is 9.59 Å². The summed E-state index contributed by atoms with van der Waals surface area (Å²) in [5, 5.41) is 0. The normalized spacial score (nSPS) is 19.0. The molecule has 0 aromatic heterocycles. The topological polar surface area (TPSA) is 63.4 Å². The van der Waals surface area contributed by atoms with Crippen molar-refractivity contribution in [3.05, 3.63) is 12.7 Å². The van der Waals surface area contributed by atoms with E-state index in [0.29, 0.717) is 13.1 Å². The Morgan fingerprint density at radius 1 is 1.62 bits per heavy atom. The molecule has 0 saturated carbocycles. The van der Waals surface area contributed by atoms with Crippen molar-refractivity contribution in [3.8, 4) is 0 Å². The summed E-state index contributed by atoms with van der Waals surface area (Å²) < 4.78 is 0. The van der Waals surface area contributed by atoms with Crippen LogP contribution in [0, 0.1) is 5.92 Å². The molecule has 1 rings (SSSR count). The molecule has 1 aliphatic heterocycles. The van der Waals surface area contributed by atoms with Gasteiger partial charge in [0.15, 0.2) is 0 Å². The summed E-state index contributed by atoms with van der Waals surface area (Å²) in [6.45, 7) is 4.52. The Morgan fingerprint density at radius 2 is 2.15 bits per heavy atom. The largest absolute Gasteiger partial charge is 0.369 e. The molecule has 1 aliphatic rings. The predicted octanol–water partition coefficient (Wildman–Crippen LogP) is -0.120. The van der Waals surface area contributed by atoms with Crippen LogP contribution in [0.2, 0.25) is 0 Å². The Labute approximate surface area is 84.9 Å². The Hall–Kier alpha value is -0.840. The molecule has 1 saturated heterocycles. The number of alkyl halides is 1. The zero-order valence-electron chi connectivity index (χ0n) is 7.07. The van der Waals surface area contributed by atoms with Crippen molar-refractivity contribution in [2.45, 2.75) is 4.83 Å². The van der Waals surface area contributed by atoms with Gasteiger partial charge < -0.3 is 10.6 Å². The first-order chi connectivity index (χ1) is 6.06. The van der Waals surface area contributed by atoms with Crippen LogP contribution in [0.1, 0.15) is 0 Å². The number of rotatable bonds is 3. The average molecular weight is 247 g/mol. The predicted molar refractivity (Wildman–Crippen MR) is 52.2 cm³/mol. The first-order valence-electron chi connectivity index (χ1n) is 3.91. The van der Waals surface area contributed by atoms with Gasteiger partial charge in [0, 0.05) is 19.0 Å². The van der Waals surface area contributed by atoms with Crippen LogP contribution in [0.15, 0.2) is 12.7 Å². The molecule has 1 fully saturated rings. The van der Waals surface area contributed by atoms with Gasteiger partial charge in [-0.25, -0.2) is 0 Å². The Balaban J connectivity index is 2.37. The third kappa shape index (κ3) is 2.09. The number of nitrogens with zero attached hydrogens (tertiary/aromatic N) is 1. The van der Waals surface area contributed by atoms with Crippen molar-refractivity contribution in [1.29, 1.82) is 0 Å². The van der Waals surface area contributed by atoms with Crippen molar-refractivity contribution in [3.63, 3.8) is 0 Å². The SMILES string of the molecule is C=CC(=O)N1CC(C(Br)C(N)=O)C1. The summed E-state index contributed by atoms with van der Waals surface area (Å²) in [6.07, 6.45) is 1.27. The van der Waals surface area contributed by atoms with Crippen LogP contribution in [-0.2, 0) is 9.59 Å².